The van der Waals surface area contributed by atoms with E-state index in [2.05, 4.69) is 143 Å². The van der Waals surface area contributed by atoms with E-state index < -0.39 is 0 Å². The molecule has 1 atom stereocenters. The number of hydrogen-bond donors (Lipinski definition) is 2. The van der Waals surface area contributed by atoms with Crippen molar-refractivity contribution in [1.82, 2.24) is 19.1 Å². The molecule has 7 aromatic rings. The highest BCUT2D eigenvalue weighted by Crippen LogP contribution is 2.42. The van der Waals surface area contributed by atoms with Gasteiger partial charge in [-0.15, -0.1) is 12.6 Å². The highest BCUT2D eigenvalue weighted by molar-refractivity contribution is 7.84. The molecule has 0 saturated carbocycles. The van der Waals surface area contributed by atoms with Crippen molar-refractivity contribution in [3.8, 4) is 33.7 Å². The SMILES string of the molecule is C/C=C\C(S)=C/C.CC.Cc1ccc2c(c1)c1c(n2-c2ccc(-c3ccncc3-c3cnccc3C3=CC=C(n4c5c(c6cc(O)ccc64)CC(C)C=C5)CC3)cc2)C=CCC1. The van der Waals surface area contributed by atoms with E-state index in [0.717, 1.165) is 70.2 Å². The fraction of sp³-hybridized carbons (Fsp3) is 0.214. The maximum Gasteiger partial charge on any atom is 0.116 e. The molecule has 6 heteroatoms. The lowest BCUT2D eigenvalue weighted by Crippen LogP contribution is -2.07. The molecule has 312 valence electrons. The van der Waals surface area contributed by atoms with Crippen molar-refractivity contribution in [2.45, 2.75) is 73.6 Å². The number of aromatic nitrogens is 4. The van der Waals surface area contributed by atoms with E-state index in [1.807, 2.05) is 76.8 Å². The number of hydrogen-bond acceptors (Lipinski definition) is 4. The number of thiol groups is 1. The van der Waals surface area contributed by atoms with Gasteiger partial charge in [0, 0.05) is 69.5 Å². The molecule has 5 nitrogen and oxygen atoms in total. The zero-order valence-electron chi connectivity index (χ0n) is 36.7. The summed E-state index contributed by atoms with van der Waals surface area (Å²) < 4.78 is 4.82. The fourth-order valence-electron chi connectivity index (χ4n) is 9.18. The molecule has 3 aliphatic rings. The van der Waals surface area contributed by atoms with E-state index in [9.17, 15) is 5.11 Å². The molecular weight excluding hydrogens is 777 g/mol. The molecule has 0 fully saturated rings. The molecule has 0 amide bonds. The van der Waals surface area contributed by atoms with Crippen LogP contribution in [0.1, 0.15) is 87.5 Å². The van der Waals surface area contributed by atoms with E-state index in [-0.39, 0.29) is 0 Å². The molecule has 0 aliphatic heterocycles. The van der Waals surface area contributed by atoms with Crippen molar-refractivity contribution in [3.63, 3.8) is 0 Å². The number of fused-ring (bicyclic) bond motifs is 6. The van der Waals surface area contributed by atoms with Crippen LogP contribution in [0.5, 0.6) is 5.75 Å². The summed E-state index contributed by atoms with van der Waals surface area (Å²) in [6.45, 7) is 12.4. The van der Waals surface area contributed by atoms with Crippen LogP contribution in [0.3, 0.4) is 0 Å². The summed E-state index contributed by atoms with van der Waals surface area (Å²) in [6.07, 6.45) is 32.3. The van der Waals surface area contributed by atoms with Gasteiger partial charge in [-0.2, -0.15) is 0 Å². The number of allylic oxidation sites excluding steroid dienone is 9. The van der Waals surface area contributed by atoms with Gasteiger partial charge >= 0.3 is 0 Å². The quantitative estimate of drug-likeness (QED) is 0.130. The summed E-state index contributed by atoms with van der Waals surface area (Å²) in [6, 6.07) is 25.9. The van der Waals surface area contributed by atoms with Gasteiger partial charge < -0.3 is 14.2 Å². The number of rotatable bonds is 6. The standard InChI is InChI=1S/C48H40N4O.C6H10S.C2H6/c1-30-7-18-46-40(25-30)39-5-3-4-6-45(39)51(46)34-13-9-32(10-14-34)37-21-23-49-28-43(37)44-29-50-24-22-38(44)33-11-15-35(16-12-33)52-47-19-8-31(2)26-41(47)42-27-36(53)17-20-48(42)52;1-3-5-6(7)4-2;1-2/h4,6-11,13-15,17-25,27-29,31,53H,3,5,12,16,26H2,1-2H3;3-5,7H,1-2H3;1-2H3/b;5-3-,6-4+;. The first-order chi connectivity index (χ1) is 30.3. The Balaban J connectivity index is 0.000000538. The Kier molecular flexibility index (Phi) is 12.8. The highest BCUT2D eigenvalue weighted by Gasteiger charge is 2.24. The third-order valence-corrected chi connectivity index (χ3v) is 12.5. The smallest absolute Gasteiger partial charge is 0.116 e. The lowest BCUT2D eigenvalue weighted by molar-refractivity contribution is 0.476. The summed E-state index contributed by atoms with van der Waals surface area (Å²) in [5.41, 5.74) is 18.4. The molecule has 1 N–H and O–H groups in total. The Morgan fingerprint density at radius 3 is 2.15 bits per heavy atom. The third-order valence-electron chi connectivity index (χ3n) is 12.1. The number of aryl methyl sites for hydroxylation is 2. The van der Waals surface area contributed by atoms with Crippen LogP contribution < -0.4 is 0 Å². The van der Waals surface area contributed by atoms with Gasteiger partial charge in [0.15, 0.2) is 0 Å². The van der Waals surface area contributed by atoms with E-state index in [1.165, 1.54) is 61.5 Å². The Hall–Kier alpha value is -6.37. The number of phenolic OH excluding ortho intramolecular Hbond substituents is 1. The van der Waals surface area contributed by atoms with Crippen LogP contribution >= 0.6 is 12.6 Å². The van der Waals surface area contributed by atoms with Crippen molar-refractivity contribution in [1.29, 1.82) is 0 Å². The Labute approximate surface area is 372 Å². The van der Waals surface area contributed by atoms with Crippen LogP contribution in [-0.4, -0.2) is 24.2 Å². The first kappa shape index (κ1) is 42.3. The minimum Gasteiger partial charge on any atom is -0.508 e. The van der Waals surface area contributed by atoms with E-state index in [4.69, 9.17) is 0 Å². The van der Waals surface area contributed by atoms with Crippen molar-refractivity contribution >= 4 is 57.9 Å². The normalized spacial score (nSPS) is 15.7. The van der Waals surface area contributed by atoms with Crippen LogP contribution in [0, 0.1) is 12.8 Å². The summed E-state index contributed by atoms with van der Waals surface area (Å²) in [7, 11) is 0. The number of pyridine rings is 2. The Bertz CT molecular complexity index is 2970. The molecule has 0 radical (unpaired) electrons. The van der Waals surface area contributed by atoms with Crippen molar-refractivity contribution in [2.75, 3.05) is 0 Å². The maximum absolute atomic E-state index is 10.4. The van der Waals surface area contributed by atoms with Gasteiger partial charge in [0.05, 0.1) is 11.0 Å². The molecule has 0 bridgehead atoms. The van der Waals surface area contributed by atoms with Crippen molar-refractivity contribution in [2.24, 2.45) is 5.92 Å². The molecule has 4 heterocycles. The van der Waals surface area contributed by atoms with Gasteiger partial charge in [0.25, 0.3) is 0 Å². The summed E-state index contributed by atoms with van der Waals surface area (Å²) in [4.78, 5) is 10.2. The predicted molar refractivity (Wildman–Crippen MR) is 268 cm³/mol. The van der Waals surface area contributed by atoms with Crippen molar-refractivity contribution in [3.05, 3.63) is 179 Å². The van der Waals surface area contributed by atoms with Gasteiger partial charge in [-0.3, -0.25) is 9.97 Å². The lowest BCUT2D eigenvalue weighted by Gasteiger charge is -2.22. The topological polar surface area (TPSA) is 55.9 Å². The van der Waals surface area contributed by atoms with Crippen LogP contribution in [0.25, 0.3) is 73.2 Å². The average molecular weight is 833 g/mol. The fourth-order valence-corrected chi connectivity index (χ4v) is 9.33. The van der Waals surface area contributed by atoms with Gasteiger partial charge in [0.2, 0.25) is 0 Å². The zero-order valence-corrected chi connectivity index (χ0v) is 37.6. The van der Waals surface area contributed by atoms with E-state index in [0.29, 0.717) is 11.7 Å². The van der Waals surface area contributed by atoms with Crippen LogP contribution in [-0.2, 0) is 12.8 Å². The second-order valence-electron chi connectivity index (χ2n) is 16.1. The number of phenols is 1. The molecule has 4 aromatic heterocycles. The number of nitrogens with zero attached hydrogens (tertiary/aromatic N) is 4. The molecule has 3 aromatic carbocycles. The third kappa shape index (κ3) is 8.20. The lowest BCUT2D eigenvalue weighted by atomic mass is 9.88. The Morgan fingerprint density at radius 1 is 0.742 bits per heavy atom. The van der Waals surface area contributed by atoms with E-state index in [1.54, 1.807) is 6.07 Å². The van der Waals surface area contributed by atoms with Crippen LogP contribution in [0.4, 0.5) is 0 Å². The molecule has 0 spiro atoms. The molecular formula is C56H56N4OS. The number of benzene rings is 3. The summed E-state index contributed by atoms with van der Waals surface area (Å²) >= 11 is 4.08. The molecule has 3 aliphatic carbocycles. The molecule has 62 heavy (non-hydrogen) atoms. The maximum atomic E-state index is 10.4. The van der Waals surface area contributed by atoms with Crippen LogP contribution in [0.15, 0.2) is 145 Å². The monoisotopic (exact) mass is 832 g/mol. The minimum absolute atomic E-state index is 0.316. The van der Waals surface area contributed by atoms with Gasteiger partial charge in [-0.05, 0) is 170 Å². The van der Waals surface area contributed by atoms with Gasteiger partial charge in [-0.25, -0.2) is 0 Å². The average Bonchev–Trinajstić information content (AvgIpc) is 3.81. The largest absolute Gasteiger partial charge is 0.508 e. The zero-order chi connectivity index (χ0) is 43.3. The Morgan fingerprint density at radius 2 is 1.44 bits per heavy atom. The molecule has 1 unspecified atom stereocenters. The first-order valence-corrected chi connectivity index (χ1v) is 22.5. The van der Waals surface area contributed by atoms with Crippen LogP contribution in [0.2, 0.25) is 0 Å². The number of aromatic hydroxyl groups is 1. The predicted octanol–water partition coefficient (Wildman–Crippen LogP) is 15.0. The highest BCUT2D eigenvalue weighted by atomic mass is 32.1. The molecule has 0 saturated heterocycles. The van der Waals surface area contributed by atoms with Crippen molar-refractivity contribution < 1.29 is 5.11 Å². The van der Waals surface area contributed by atoms with Gasteiger partial charge in [0.1, 0.15) is 5.75 Å². The van der Waals surface area contributed by atoms with E-state index >= 15 is 0 Å². The molecule has 10 rings (SSSR count). The summed E-state index contributed by atoms with van der Waals surface area (Å²) in [5, 5.41) is 12.9. The second kappa shape index (κ2) is 18.7. The summed E-state index contributed by atoms with van der Waals surface area (Å²) in [5.74, 6) is 0.791. The minimum atomic E-state index is 0.316. The van der Waals surface area contributed by atoms with Gasteiger partial charge in [-0.1, -0.05) is 81.0 Å². The second-order valence-corrected chi connectivity index (χ2v) is 16.6. The first-order valence-electron chi connectivity index (χ1n) is 22.1.